The van der Waals surface area contributed by atoms with Crippen molar-refractivity contribution < 1.29 is 0 Å². The molecule has 27 heavy (non-hydrogen) atoms. The van der Waals surface area contributed by atoms with Gasteiger partial charge in [0.05, 0.1) is 0 Å². The lowest BCUT2D eigenvalue weighted by Crippen LogP contribution is -2.26. The van der Waals surface area contributed by atoms with Gasteiger partial charge >= 0.3 is 0 Å². The van der Waals surface area contributed by atoms with Gasteiger partial charge in [-0.05, 0) is 64.3 Å². The van der Waals surface area contributed by atoms with Crippen LogP contribution in [0.2, 0.25) is 0 Å². The second-order valence-corrected chi connectivity index (χ2v) is 6.97. The van der Waals surface area contributed by atoms with Gasteiger partial charge in [-0.1, -0.05) is 13.8 Å². The summed E-state index contributed by atoms with van der Waals surface area (Å²) in [6.45, 7) is 17.0. The van der Waals surface area contributed by atoms with E-state index in [4.69, 9.17) is 4.98 Å². The first-order valence-corrected chi connectivity index (χ1v) is 10.3. The van der Waals surface area contributed by atoms with Crippen molar-refractivity contribution in [1.82, 2.24) is 9.97 Å². The van der Waals surface area contributed by atoms with Crippen molar-refractivity contribution in [2.75, 3.05) is 41.3 Å². The molecule has 0 saturated heterocycles. The highest BCUT2D eigenvalue weighted by atomic mass is 15.2. The van der Waals surface area contributed by atoms with Gasteiger partial charge in [0.15, 0.2) is 0 Å². The predicted molar refractivity (Wildman–Crippen MR) is 118 cm³/mol. The Morgan fingerprint density at radius 1 is 0.852 bits per heavy atom. The molecule has 1 heterocycles. The number of nitrogens with one attached hydrogen (secondary N) is 1. The Morgan fingerprint density at radius 2 is 1.52 bits per heavy atom. The average molecular weight is 370 g/mol. The minimum atomic E-state index is 0.667. The lowest BCUT2D eigenvalue weighted by molar-refractivity contribution is 0.732. The average Bonchev–Trinajstić information content (AvgIpc) is 2.64. The molecule has 0 fully saturated rings. The molecule has 0 aliphatic rings. The first-order valence-electron chi connectivity index (χ1n) is 10.3. The summed E-state index contributed by atoms with van der Waals surface area (Å²) in [4.78, 5) is 14.1. The van der Waals surface area contributed by atoms with Crippen molar-refractivity contribution in [2.24, 2.45) is 0 Å². The highest BCUT2D eigenvalue weighted by Crippen LogP contribution is 2.25. The molecule has 0 atom stereocenters. The molecular formula is C22H35N5. The summed E-state index contributed by atoms with van der Waals surface area (Å²) >= 11 is 0. The van der Waals surface area contributed by atoms with Crippen LogP contribution in [0, 0.1) is 13.8 Å². The van der Waals surface area contributed by atoms with Crippen LogP contribution in [0.1, 0.15) is 51.8 Å². The van der Waals surface area contributed by atoms with Gasteiger partial charge in [0, 0.05) is 49.3 Å². The van der Waals surface area contributed by atoms with Crippen molar-refractivity contribution >= 4 is 23.1 Å². The molecule has 1 N–H and O–H groups in total. The summed E-state index contributed by atoms with van der Waals surface area (Å²) in [6, 6.07) is 8.60. The quantitative estimate of drug-likeness (QED) is 0.615. The van der Waals surface area contributed by atoms with Crippen LogP contribution in [0.5, 0.6) is 0 Å². The number of anilines is 4. The molecule has 1 aromatic carbocycles. The zero-order valence-electron chi connectivity index (χ0n) is 17.8. The molecule has 0 radical (unpaired) electrons. The summed E-state index contributed by atoms with van der Waals surface area (Å²) in [7, 11) is 0. The van der Waals surface area contributed by atoms with E-state index in [9.17, 15) is 0 Å². The van der Waals surface area contributed by atoms with Crippen LogP contribution in [0.25, 0.3) is 0 Å². The lowest BCUT2D eigenvalue weighted by atomic mass is 10.1. The number of nitrogens with zero attached hydrogens (tertiary/aromatic N) is 4. The van der Waals surface area contributed by atoms with E-state index in [1.165, 1.54) is 11.3 Å². The summed E-state index contributed by atoms with van der Waals surface area (Å²) in [6.07, 6.45) is 2.22. The molecule has 0 amide bonds. The van der Waals surface area contributed by atoms with Gasteiger partial charge in [0.1, 0.15) is 5.82 Å². The Morgan fingerprint density at radius 3 is 2.07 bits per heavy atom. The van der Waals surface area contributed by atoms with E-state index in [0.717, 1.165) is 56.2 Å². The van der Waals surface area contributed by atoms with E-state index < -0.39 is 0 Å². The van der Waals surface area contributed by atoms with E-state index in [1.807, 2.05) is 6.92 Å². The smallest absolute Gasteiger partial charge is 0.229 e. The molecule has 1 aromatic heterocycles. The van der Waals surface area contributed by atoms with Crippen molar-refractivity contribution in [3.8, 4) is 0 Å². The van der Waals surface area contributed by atoms with Gasteiger partial charge in [-0.25, -0.2) is 4.98 Å². The van der Waals surface area contributed by atoms with E-state index >= 15 is 0 Å². The molecule has 0 bridgehead atoms. The third-order valence-electron chi connectivity index (χ3n) is 4.74. The Balaban J connectivity index is 2.26. The highest BCUT2D eigenvalue weighted by molar-refractivity contribution is 5.64. The summed E-state index contributed by atoms with van der Waals surface area (Å²) < 4.78 is 0. The lowest BCUT2D eigenvalue weighted by Gasteiger charge is -2.24. The minimum absolute atomic E-state index is 0.667. The Bertz CT molecular complexity index is 719. The molecular weight excluding hydrogens is 334 g/mol. The van der Waals surface area contributed by atoms with Crippen molar-refractivity contribution in [3.05, 3.63) is 35.5 Å². The zero-order valence-corrected chi connectivity index (χ0v) is 17.8. The fraction of sp³-hybridized carbons (Fsp3) is 0.545. The summed E-state index contributed by atoms with van der Waals surface area (Å²) in [5.74, 6) is 1.67. The van der Waals surface area contributed by atoms with E-state index in [1.54, 1.807) is 0 Å². The normalized spacial score (nSPS) is 10.7. The highest BCUT2D eigenvalue weighted by Gasteiger charge is 2.11. The monoisotopic (exact) mass is 369 g/mol. The van der Waals surface area contributed by atoms with Crippen LogP contribution in [-0.4, -0.2) is 36.1 Å². The summed E-state index contributed by atoms with van der Waals surface area (Å²) in [5.41, 5.74) is 4.49. The molecule has 0 aliphatic heterocycles. The first kappa shape index (κ1) is 21.0. The van der Waals surface area contributed by atoms with Crippen LogP contribution < -0.4 is 15.1 Å². The van der Waals surface area contributed by atoms with Gasteiger partial charge in [-0.3, -0.25) is 0 Å². The number of aromatic nitrogens is 2. The Hall–Kier alpha value is -2.30. The van der Waals surface area contributed by atoms with Crippen LogP contribution in [0.4, 0.5) is 23.1 Å². The second kappa shape index (κ2) is 10.1. The molecule has 0 aliphatic carbocycles. The summed E-state index contributed by atoms with van der Waals surface area (Å²) in [5, 5.41) is 3.43. The van der Waals surface area contributed by atoms with Crippen LogP contribution in [0.3, 0.4) is 0 Å². The molecule has 0 spiro atoms. The van der Waals surface area contributed by atoms with Crippen molar-refractivity contribution in [2.45, 2.75) is 54.4 Å². The SMILES string of the molecule is CCCN(CCC)c1cc(C)nc(Nc2ccc(N(CC)CC)cc2C)n1. The Kier molecular flexibility index (Phi) is 7.89. The van der Waals surface area contributed by atoms with Gasteiger partial charge < -0.3 is 15.1 Å². The van der Waals surface area contributed by atoms with Crippen LogP contribution in [0.15, 0.2) is 24.3 Å². The molecule has 0 unspecified atom stereocenters. The number of benzene rings is 1. The maximum absolute atomic E-state index is 4.79. The molecule has 5 heteroatoms. The standard InChI is InChI=1S/C22H35N5/c1-7-13-27(14-8-2)21-16-18(6)23-22(25-21)24-20-12-11-19(15-17(20)5)26(9-3)10-4/h11-12,15-16H,7-10,13-14H2,1-6H3,(H,23,24,25). The largest absolute Gasteiger partial charge is 0.372 e. The third-order valence-corrected chi connectivity index (χ3v) is 4.74. The molecule has 148 valence electrons. The van der Waals surface area contributed by atoms with Crippen molar-refractivity contribution in [3.63, 3.8) is 0 Å². The maximum atomic E-state index is 4.79. The number of hydrogen-bond acceptors (Lipinski definition) is 5. The van der Waals surface area contributed by atoms with Gasteiger partial charge in [0.25, 0.3) is 0 Å². The fourth-order valence-corrected chi connectivity index (χ4v) is 3.34. The topological polar surface area (TPSA) is 44.3 Å². The third kappa shape index (κ3) is 5.59. The Labute approximate surface area is 164 Å². The fourth-order valence-electron chi connectivity index (χ4n) is 3.34. The van der Waals surface area contributed by atoms with Gasteiger partial charge in [0.2, 0.25) is 5.95 Å². The minimum Gasteiger partial charge on any atom is -0.372 e. The van der Waals surface area contributed by atoms with Gasteiger partial charge in [-0.2, -0.15) is 4.98 Å². The zero-order chi connectivity index (χ0) is 19.8. The first-order chi connectivity index (χ1) is 13.0. The van der Waals surface area contributed by atoms with Crippen molar-refractivity contribution in [1.29, 1.82) is 0 Å². The van der Waals surface area contributed by atoms with Gasteiger partial charge in [-0.15, -0.1) is 0 Å². The second-order valence-electron chi connectivity index (χ2n) is 6.97. The predicted octanol–water partition coefficient (Wildman–Crippen LogP) is 5.31. The molecule has 5 nitrogen and oxygen atoms in total. The van der Waals surface area contributed by atoms with Crippen LogP contribution in [-0.2, 0) is 0 Å². The van der Waals surface area contributed by atoms with E-state index in [0.29, 0.717) is 5.95 Å². The molecule has 0 saturated carbocycles. The number of hydrogen-bond donors (Lipinski definition) is 1. The molecule has 2 rings (SSSR count). The number of rotatable bonds is 10. The maximum Gasteiger partial charge on any atom is 0.229 e. The number of aryl methyl sites for hydroxylation is 2. The molecule has 2 aromatic rings. The van der Waals surface area contributed by atoms with E-state index in [-0.39, 0.29) is 0 Å². The van der Waals surface area contributed by atoms with E-state index in [2.05, 4.69) is 79.0 Å². The van der Waals surface area contributed by atoms with Crippen LogP contribution >= 0.6 is 0 Å².